The molecule has 0 saturated carbocycles. The van der Waals surface area contributed by atoms with E-state index in [2.05, 4.69) is 20.5 Å². The first-order valence-corrected chi connectivity index (χ1v) is 8.30. The molecule has 0 bridgehead atoms. The van der Waals surface area contributed by atoms with Crippen molar-refractivity contribution in [2.75, 3.05) is 5.75 Å². The first kappa shape index (κ1) is 14.9. The monoisotopic (exact) mass is 329 g/mol. The van der Waals surface area contributed by atoms with Crippen molar-refractivity contribution in [3.8, 4) is 0 Å². The van der Waals surface area contributed by atoms with Gasteiger partial charge in [0.2, 0.25) is 0 Å². The van der Waals surface area contributed by atoms with Crippen LogP contribution in [-0.2, 0) is 13.1 Å². The summed E-state index contributed by atoms with van der Waals surface area (Å²) in [7, 11) is 0. The molecule has 0 saturated heterocycles. The van der Waals surface area contributed by atoms with E-state index in [0.717, 1.165) is 33.2 Å². The van der Waals surface area contributed by atoms with Gasteiger partial charge < -0.3 is 5.32 Å². The van der Waals surface area contributed by atoms with Crippen LogP contribution in [0, 0.1) is 0 Å². The fraction of sp³-hybridized carbons (Fsp3) is 0.200. The van der Waals surface area contributed by atoms with Gasteiger partial charge in [0.05, 0.1) is 6.54 Å². The first-order valence-electron chi connectivity index (χ1n) is 6.91. The fourth-order valence-corrected chi connectivity index (χ4v) is 2.89. The summed E-state index contributed by atoms with van der Waals surface area (Å²) in [5.74, 6) is 0.833. The number of pyridine rings is 1. The number of nitrogens with zero attached hydrogens (tertiary/aromatic N) is 4. The van der Waals surface area contributed by atoms with Gasteiger partial charge in [-0.25, -0.2) is 0 Å². The van der Waals surface area contributed by atoms with Crippen molar-refractivity contribution in [3.05, 3.63) is 54.4 Å². The van der Waals surface area contributed by atoms with E-state index in [1.807, 2.05) is 42.6 Å². The SMILES string of the molecule is S=C(NCc1cccnc1)SCCn1nc2ccccc2n1. The van der Waals surface area contributed by atoms with E-state index in [-0.39, 0.29) is 0 Å². The highest BCUT2D eigenvalue weighted by Gasteiger charge is 2.03. The van der Waals surface area contributed by atoms with Gasteiger partial charge in [0.15, 0.2) is 0 Å². The molecule has 0 atom stereocenters. The lowest BCUT2D eigenvalue weighted by Crippen LogP contribution is -2.19. The lowest BCUT2D eigenvalue weighted by atomic mass is 10.3. The molecule has 1 aromatic carbocycles. The zero-order valence-electron chi connectivity index (χ0n) is 11.8. The van der Waals surface area contributed by atoms with E-state index in [9.17, 15) is 0 Å². The third-order valence-corrected chi connectivity index (χ3v) is 4.30. The smallest absolute Gasteiger partial charge is 0.134 e. The van der Waals surface area contributed by atoms with Crippen molar-refractivity contribution >= 4 is 39.3 Å². The Bertz CT molecular complexity index is 724. The van der Waals surface area contributed by atoms with Crippen LogP contribution in [0.2, 0.25) is 0 Å². The molecule has 3 aromatic rings. The number of fused-ring (bicyclic) bond motifs is 1. The summed E-state index contributed by atoms with van der Waals surface area (Å²) < 4.78 is 0.778. The Morgan fingerprint density at radius 3 is 2.59 bits per heavy atom. The van der Waals surface area contributed by atoms with Crippen molar-refractivity contribution in [2.24, 2.45) is 0 Å². The number of aryl methyl sites for hydroxylation is 1. The van der Waals surface area contributed by atoms with Crippen molar-refractivity contribution in [2.45, 2.75) is 13.1 Å². The number of hydrogen-bond donors (Lipinski definition) is 1. The molecule has 0 unspecified atom stereocenters. The van der Waals surface area contributed by atoms with Gasteiger partial charge >= 0.3 is 0 Å². The van der Waals surface area contributed by atoms with Crippen LogP contribution in [0.4, 0.5) is 0 Å². The van der Waals surface area contributed by atoms with E-state index in [0.29, 0.717) is 6.54 Å². The van der Waals surface area contributed by atoms with Crippen LogP contribution >= 0.6 is 24.0 Å². The van der Waals surface area contributed by atoms with E-state index in [1.165, 1.54) is 0 Å². The molecule has 7 heteroatoms. The number of aromatic nitrogens is 4. The molecule has 0 aliphatic heterocycles. The van der Waals surface area contributed by atoms with Crippen molar-refractivity contribution < 1.29 is 0 Å². The quantitative estimate of drug-likeness (QED) is 0.726. The lowest BCUT2D eigenvalue weighted by molar-refractivity contribution is 0.584. The topological polar surface area (TPSA) is 55.6 Å². The molecular weight excluding hydrogens is 314 g/mol. The van der Waals surface area contributed by atoms with Gasteiger partial charge in [-0.3, -0.25) is 4.98 Å². The van der Waals surface area contributed by atoms with Gasteiger partial charge in [-0.15, -0.1) is 0 Å². The summed E-state index contributed by atoms with van der Waals surface area (Å²) in [6.07, 6.45) is 3.59. The molecule has 0 radical (unpaired) electrons. The number of benzene rings is 1. The number of rotatable bonds is 5. The van der Waals surface area contributed by atoms with Gasteiger partial charge in [0.25, 0.3) is 0 Å². The molecule has 22 heavy (non-hydrogen) atoms. The van der Waals surface area contributed by atoms with E-state index >= 15 is 0 Å². The van der Waals surface area contributed by atoms with Crippen LogP contribution in [0.5, 0.6) is 0 Å². The van der Waals surface area contributed by atoms with Gasteiger partial charge in [-0.1, -0.05) is 42.2 Å². The molecule has 3 rings (SSSR count). The maximum Gasteiger partial charge on any atom is 0.134 e. The molecule has 112 valence electrons. The molecule has 2 heterocycles. The van der Waals surface area contributed by atoms with Gasteiger partial charge in [0, 0.05) is 24.7 Å². The summed E-state index contributed by atoms with van der Waals surface area (Å²) in [4.78, 5) is 5.80. The number of hydrogen-bond acceptors (Lipinski definition) is 5. The summed E-state index contributed by atoms with van der Waals surface area (Å²) in [5.41, 5.74) is 2.96. The summed E-state index contributed by atoms with van der Waals surface area (Å²) in [6.45, 7) is 1.43. The van der Waals surface area contributed by atoms with E-state index in [1.54, 1.807) is 22.8 Å². The molecule has 0 aliphatic rings. The molecule has 1 N–H and O–H groups in total. The maximum atomic E-state index is 5.31. The lowest BCUT2D eigenvalue weighted by Gasteiger charge is -2.06. The second-order valence-electron chi connectivity index (χ2n) is 4.64. The number of thiocarbonyl (C=S) groups is 1. The predicted octanol–water partition coefficient (Wildman–Crippen LogP) is 2.63. The average Bonchev–Trinajstić information content (AvgIpc) is 2.96. The normalized spacial score (nSPS) is 10.7. The van der Waals surface area contributed by atoms with Crippen molar-refractivity contribution in [1.82, 2.24) is 25.3 Å². The number of nitrogens with one attached hydrogen (secondary N) is 1. The number of thioether (sulfide) groups is 1. The summed E-state index contributed by atoms with van der Waals surface area (Å²) in [5, 5.41) is 12.1. The van der Waals surface area contributed by atoms with Crippen LogP contribution in [-0.4, -0.2) is 30.1 Å². The van der Waals surface area contributed by atoms with Crippen LogP contribution < -0.4 is 5.32 Å². The highest BCUT2D eigenvalue weighted by atomic mass is 32.2. The Hall–Kier alpha value is -1.99. The highest BCUT2D eigenvalue weighted by molar-refractivity contribution is 8.22. The zero-order chi connectivity index (χ0) is 15.2. The van der Waals surface area contributed by atoms with Gasteiger partial charge in [-0.05, 0) is 23.8 Å². The molecule has 0 amide bonds. The maximum absolute atomic E-state index is 5.31. The molecule has 0 fully saturated rings. The Morgan fingerprint density at radius 1 is 1.14 bits per heavy atom. The highest BCUT2D eigenvalue weighted by Crippen LogP contribution is 2.09. The third kappa shape index (κ3) is 4.02. The Kier molecular flexibility index (Phi) is 4.97. The molecule has 0 aliphatic carbocycles. The standard InChI is InChI=1S/C15H15N5S2/c21-15(17-11-12-4-3-7-16-10-12)22-9-8-20-18-13-5-1-2-6-14(13)19-20/h1-7,10H,8-9,11H2,(H,17,21). The minimum Gasteiger partial charge on any atom is -0.367 e. The van der Waals surface area contributed by atoms with Gasteiger partial charge in [-0.2, -0.15) is 15.0 Å². The predicted molar refractivity (Wildman–Crippen MR) is 93.7 cm³/mol. The molecule has 5 nitrogen and oxygen atoms in total. The zero-order valence-corrected chi connectivity index (χ0v) is 13.5. The Morgan fingerprint density at radius 2 is 1.91 bits per heavy atom. The van der Waals surface area contributed by atoms with Gasteiger partial charge in [0.1, 0.15) is 15.4 Å². The molecule has 0 spiro atoms. The summed E-state index contributed by atoms with van der Waals surface area (Å²) in [6, 6.07) is 11.8. The summed E-state index contributed by atoms with van der Waals surface area (Å²) >= 11 is 6.91. The molecule has 2 aromatic heterocycles. The second kappa shape index (κ2) is 7.33. The first-order chi connectivity index (χ1) is 10.8. The van der Waals surface area contributed by atoms with Crippen LogP contribution in [0.15, 0.2) is 48.8 Å². The minimum atomic E-state index is 0.698. The Balaban J connectivity index is 1.43. The second-order valence-corrected chi connectivity index (χ2v) is 6.41. The fourth-order valence-electron chi connectivity index (χ4n) is 1.95. The average molecular weight is 329 g/mol. The van der Waals surface area contributed by atoms with Crippen LogP contribution in [0.25, 0.3) is 11.0 Å². The third-order valence-electron chi connectivity index (χ3n) is 3.01. The largest absolute Gasteiger partial charge is 0.367 e. The van der Waals surface area contributed by atoms with Crippen LogP contribution in [0.1, 0.15) is 5.56 Å². The van der Waals surface area contributed by atoms with Crippen molar-refractivity contribution in [3.63, 3.8) is 0 Å². The minimum absolute atomic E-state index is 0.698. The van der Waals surface area contributed by atoms with E-state index in [4.69, 9.17) is 12.2 Å². The van der Waals surface area contributed by atoms with Crippen molar-refractivity contribution in [1.29, 1.82) is 0 Å². The Labute approximate surface area is 138 Å². The molecular formula is C15H15N5S2. The van der Waals surface area contributed by atoms with Crippen LogP contribution in [0.3, 0.4) is 0 Å². The van der Waals surface area contributed by atoms with E-state index < -0.39 is 0 Å².